The van der Waals surface area contributed by atoms with Gasteiger partial charge in [-0.25, -0.2) is 4.39 Å². The first kappa shape index (κ1) is 13.3. The van der Waals surface area contributed by atoms with Crippen LogP contribution in [0.25, 0.3) is 0 Å². The van der Waals surface area contributed by atoms with Crippen LogP contribution in [0.2, 0.25) is 0 Å². The molecule has 1 aliphatic rings. The topological polar surface area (TPSA) is 21.3 Å². The molecule has 1 aromatic carbocycles. The van der Waals surface area contributed by atoms with E-state index in [9.17, 15) is 4.39 Å². The number of rotatable bonds is 5. The molecule has 100 valence electrons. The molecule has 0 radical (unpaired) electrons. The van der Waals surface area contributed by atoms with Crippen LogP contribution in [-0.2, 0) is 0 Å². The summed E-state index contributed by atoms with van der Waals surface area (Å²) in [7, 11) is 0. The zero-order chi connectivity index (χ0) is 13.0. The molecule has 1 heterocycles. The van der Waals surface area contributed by atoms with E-state index >= 15 is 0 Å². The summed E-state index contributed by atoms with van der Waals surface area (Å²) in [5.74, 6) is 1.73. The van der Waals surface area contributed by atoms with Gasteiger partial charge in [0, 0.05) is 12.5 Å². The summed E-state index contributed by atoms with van der Waals surface area (Å²) >= 11 is 0. The number of hydrogen-bond donors (Lipinski definition) is 1. The van der Waals surface area contributed by atoms with Crippen LogP contribution < -0.4 is 10.1 Å². The van der Waals surface area contributed by atoms with Crippen molar-refractivity contribution in [3.63, 3.8) is 0 Å². The van der Waals surface area contributed by atoms with E-state index in [2.05, 4.69) is 19.2 Å². The van der Waals surface area contributed by atoms with Crippen molar-refractivity contribution < 1.29 is 9.13 Å². The van der Waals surface area contributed by atoms with E-state index in [1.807, 2.05) is 0 Å². The zero-order valence-corrected chi connectivity index (χ0v) is 11.2. The summed E-state index contributed by atoms with van der Waals surface area (Å²) < 4.78 is 18.9. The standard InChI is InChI=1S/C15H22FNO/c1-11(2)9-15(12-7-8-17-10-12)18-14-5-3-13(16)4-6-14/h3-6,11-12,15,17H,7-10H2,1-2H3/t12-,15-/m0/s1. The molecule has 1 aliphatic heterocycles. The largest absolute Gasteiger partial charge is 0.490 e. The number of ether oxygens (including phenoxy) is 1. The van der Waals surface area contributed by atoms with Gasteiger partial charge in [-0.3, -0.25) is 0 Å². The molecule has 0 spiro atoms. The predicted molar refractivity (Wildman–Crippen MR) is 71.2 cm³/mol. The maximum atomic E-state index is 12.9. The molecule has 0 amide bonds. The van der Waals surface area contributed by atoms with Crippen molar-refractivity contribution in [2.45, 2.75) is 32.8 Å². The van der Waals surface area contributed by atoms with Crippen LogP contribution >= 0.6 is 0 Å². The molecule has 2 nitrogen and oxygen atoms in total. The van der Waals surface area contributed by atoms with Crippen molar-refractivity contribution in [2.75, 3.05) is 13.1 Å². The third kappa shape index (κ3) is 3.70. The first-order chi connectivity index (χ1) is 8.65. The number of halogens is 1. The summed E-state index contributed by atoms with van der Waals surface area (Å²) in [5.41, 5.74) is 0. The highest BCUT2D eigenvalue weighted by Crippen LogP contribution is 2.24. The Labute approximate surface area is 109 Å². The minimum atomic E-state index is -0.217. The van der Waals surface area contributed by atoms with Crippen molar-refractivity contribution in [3.05, 3.63) is 30.1 Å². The van der Waals surface area contributed by atoms with E-state index in [4.69, 9.17) is 4.74 Å². The van der Waals surface area contributed by atoms with Crippen molar-refractivity contribution in [3.8, 4) is 5.75 Å². The van der Waals surface area contributed by atoms with E-state index in [0.29, 0.717) is 11.8 Å². The molecule has 0 saturated carbocycles. The number of benzene rings is 1. The van der Waals surface area contributed by atoms with Gasteiger partial charge in [0.1, 0.15) is 17.7 Å². The SMILES string of the molecule is CC(C)C[C@H](Oc1ccc(F)cc1)[C@H]1CCNC1. The van der Waals surface area contributed by atoms with E-state index in [0.717, 1.165) is 25.3 Å². The van der Waals surface area contributed by atoms with E-state index in [1.54, 1.807) is 12.1 Å². The maximum Gasteiger partial charge on any atom is 0.123 e. The molecule has 1 fully saturated rings. The fourth-order valence-electron chi connectivity index (χ4n) is 2.48. The predicted octanol–water partition coefficient (Wildman–Crippen LogP) is 3.23. The monoisotopic (exact) mass is 251 g/mol. The lowest BCUT2D eigenvalue weighted by atomic mass is 9.93. The van der Waals surface area contributed by atoms with Gasteiger partial charge in [0.15, 0.2) is 0 Å². The summed E-state index contributed by atoms with van der Waals surface area (Å²) in [5, 5.41) is 3.38. The van der Waals surface area contributed by atoms with Crippen molar-refractivity contribution >= 4 is 0 Å². The van der Waals surface area contributed by atoms with E-state index in [1.165, 1.54) is 18.6 Å². The summed E-state index contributed by atoms with van der Waals surface area (Å²) in [6, 6.07) is 6.33. The van der Waals surface area contributed by atoms with Gasteiger partial charge in [0.2, 0.25) is 0 Å². The third-order valence-electron chi connectivity index (χ3n) is 3.43. The van der Waals surface area contributed by atoms with E-state index in [-0.39, 0.29) is 11.9 Å². The molecule has 0 aliphatic carbocycles. The van der Waals surface area contributed by atoms with Gasteiger partial charge in [0.05, 0.1) is 0 Å². The van der Waals surface area contributed by atoms with Gasteiger partial charge < -0.3 is 10.1 Å². The van der Waals surface area contributed by atoms with Crippen molar-refractivity contribution in [1.29, 1.82) is 0 Å². The fraction of sp³-hybridized carbons (Fsp3) is 0.600. The Balaban J connectivity index is 2.01. The second-order valence-electron chi connectivity index (χ2n) is 5.49. The van der Waals surface area contributed by atoms with Gasteiger partial charge in [-0.15, -0.1) is 0 Å². The third-order valence-corrected chi connectivity index (χ3v) is 3.43. The lowest BCUT2D eigenvalue weighted by Crippen LogP contribution is -2.30. The summed E-state index contributed by atoms with van der Waals surface area (Å²) in [4.78, 5) is 0. The average molecular weight is 251 g/mol. The van der Waals surface area contributed by atoms with Crippen LogP contribution in [0.4, 0.5) is 4.39 Å². The number of hydrogen-bond acceptors (Lipinski definition) is 2. The zero-order valence-electron chi connectivity index (χ0n) is 11.2. The molecule has 0 unspecified atom stereocenters. The van der Waals surface area contributed by atoms with Gasteiger partial charge in [-0.2, -0.15) is 0 Å². The molecule has 1 aromatic rings. The molecule has 1 N–H and O–H groups in total. The number of nitrogens with one attached hydrogen (secondary N) is 1. The minimum Gasteiger partial charge on any atom is -0.490 e. The first-order valence-corrected chi connectivity index (χ1v) is 6.78. The molecule has 2 atom stereocenters. The highest BCUT2D eigenvalue weighted by molar-refractivity contribution is 5.22. The van der Waals surface area contributed by atoms with Crippen molar-refractivity contribution in [1.82, 2.24) is 5.32 Å². The van der Waals surface area contributed by atoms with Crippen LogP contribution in [0, 0.1) is 17.7 Å². The fourth-order valence-corrected chi connectivity index (χ4v) is 2.48. The second-order valence-corrected chi connectivity index (χ2v) is 5.49. The van der Waals surface area contributed by atoms with Crippen LogP contribution in [0.5, 0.6) is 5.75 Å². The average Bonchev–Trinajstić information content (AvgIpc) is 2.84. The molecule has 3 heteroatoms. The highest BCUT2D eigenvalue weighted by atomic mass is 19.1. The molecule has 0 aromatic heterocycles. The van der Waals surface area contributed by atoms with Crippen molar-refractivity contribution in [2.24, 2.45) is 11.8 Å². The van der Waals surface area contributed by atoms with Gasteiger partial charge >= 0.3 is 0 Å². The van der Waals surface area contributed by atoms with Crippen LogP contribution in [0.15, 0.2) is 24.3 Å². The quantitative estimate of drug-likeness (QED) is 0.867. The van der Waals surface area contributed by atoms with Gasteiger partial charge in [0.25, 0.3) is 0 Å². The van der Waals surface area contributed by atoms with Crippen LogP contribution in [0.1, 0.15) is 26.7 Å². The molecular formula is C15H22FNO. The second kappa shape index (κ2) is 6.19. The van der Waals surface area contributed by atoms with E-state index < -0.39 is 0 Å². The Hall–Kier alpha value is -1.09. The first-order valence-electron chi connectivity index (χ1n) is 6.78. The Morgan fingerprint density at radius 2 is 2.06 bits per heavy atom. The summed E-state index contributed by atoms with van der Waals surface area (Å²) in [6.45, 7) is 6.53. The van der Waals surface area contributed by atoms with Crippen LogP contribution in [0.3, 0.4) is 0 Å². The smallest absolute Gasteiger partial charge is 0.123 e. The Morgan fingerprint density at radius 3 is 2.61 bits per heavy atom. The molecule has 18 heavy (non-hydrogen) atoms. The van der Waals surface area contributed by atoms with Gasteiger partial charge in [-0.05, 0) is 49.6 Å². The van der Waals surface area contributed by atoms with Crippen LogP contribution in [-0.4, -0.2) is 19.2 Å². The van der Waals surface area contributed by atoms with Gasteiger partial charge in [-0.1, -0.05) is 13.8 Å². The molecule has 0 bridgehead atoms. The highest BCUT2D eigenvalue weighted by Gasteiger charge is 2.27. The minimum absolute atomic E-state index is 0.217. The Bertz CT molecular complexity index is 357. The lowest BCUT2D eigenvalue weighted by molar-refractivity contribution is 0.119. The summed E-state index contributed by atoms with van der Waals surface area (Å²) in [6.07, 6.45) is 2.44. The molecular weight excluding hydrogens is 229 g/mol. The maximum absolute atomic E-state index is 12.9. The Morgan fingerprint density at radius 1 is 1.33 bits per heavy atom. The normalized spacial score (nSPS) is 21.2. The lowest BCUT2D eigenvalue weighted by Gasteiger charge is -2.26. The Kier molecular flexibility index (Phi) is 4.59. The molecule has 1 saturated heterocycles. The molecule has 2 rings (SSSR count).